The Kier molecular flexibility index (Phi) is 5.15. The van der Waals surface area contributed by atoms with Crippen molar-refractivity contribution in [3.05, 3.63) is 53.3 Å². The second-order valence-corrected chi connectivity index (χ2v) is 6.75. The molecule has 0 spiro atoms. The Morgan fingerprint density at radius 2 is 1.90 bits per heavy atom. The molecule has 1 saturated heterocycles. The smallest absolute Gasteiger partial charge is 0.263 e. The van der Waals surface area contributed by atoms with Gasteiger partial charge in [0.1, 0.15) is 18.6 Å². The molecule has 0 N–H and O–H groups in total. The minimum absolute atomic E-state index is 0.0539. The van der Waals surface area contributed by atoms with Gasteiger partial charge in [0.25, 0.3) is 6.43 Å². The lowest BCUT2D eigenvalue weighted by molar-refractivity contribution is -0.111. The Hall–Kier alpha value is -3.43. The van der Waals surface area contributed by atoms with Crippen LogP contribution in [0.4, 0.5) is 14.6 Å². The summed E-state index contributed by atoms with van der Waals surface area (Å²) in [6.07, 6.45) is -1.58. The maximum Gasteiger partial charge on any atom is 0.263 e. The first-order chi connectivity index (χ1) is 14.0. The SMILES string of the molecule is Cc1nnn(-c2ccc(C(F)F)cc2)c1COc1ccc(N2CC(C=O)C2)nn1. The average Bonchev–Trinajstić information content (AvgIpc) is 3.07. The van der Waals surface area contributed by atoms with Crippen LogP contribution in [0.15, 0.2) is 36.4 Å². The van der Waals surface area contributed by atoms with Crippen LogP contribution in [0.5, 0.6) is 5.88 Å². The normalized spacial score (nSPS) is 14.1. The van der Waals surface area contributed by atoms with E-state index in [1.807, 2.05) is 4.90 Å². The van der Waals surface area contributed by atoms with Crippen molar-refractivity contribution in [2.45, 2.75) is 20.0 Å². The predicted octanol–water partition coefficient (Wildman–Crippen LogP) is 2.52. The first-order valence-electron chi connectivity index (χ1n) is 9.01. The van der Waals surface area contributed by atoms with E-state index in [4.69, 9.17) is 4.74 Å². The molecule has 1 aliphatic rings. The van der Waals surface area contributed by atoms with Crippen molar-refractivity contribution in [2.75, 3.05) is 18.0 Å². The van der Waals surface area contributed by atoms with Crippen molar-refractivity contribution in [3.8, 4) is 11.6 Å². The van der Waals surface area contributed by atoms with Gasteiger partial charge >= 0.3 is 0 Å². The van der Waals surface area contributed by atoms with Gasteiger partial charge in [-0.05, 0) is 25.1 Å². The van der Waals surface area contributed by atoms with Crippen molar-refractivity contribution in [3.63, 3.8) is 0 Å². The molecule has 150 valence electrons. The van der Waals surface area contributed by atoms with Gasteiger partial charge < -0.3 is 14.4 Å². The molecule has 0 amide bonds. The molecule has 0 bridgehead atoms. The maximum atomic E-state index is 12.7. The number of carbonyl (C=O) groups excluding carboxylic acids is 1. The number of alkyl halides is 2. The predicted molar refractivity (Wildman–Crippen MR) is 99.2 cm³/mol. The fourth-order valence-electron chi connectivity index (χ4n) is 3.00. The van der Waals surface area contributed by atoms with Crippen LogP contribution < -0.4 is 9.64 Å². The van der Waals surface area contributed by atoms with Gasteiger partial charge in [-0.25, -0.2) is 13.5 Å². The summed E-state index contributed by atoms with van der Waals surface area (Å²) < 4.78 is 32.8. The quantitative estimate of drug-likeness (QED) is 0.563. The summed E-state index contributed by atoms with van der Waals surface area (Å²) in [4.78, 5) is 12.7. The molecule has 10 heteroatoms. The lowest BCUT2D eigenvalue weighted by atomic mass is 10.0. The molecule has 4 rings (SSSR count). The second kappa shape index (κ2) is 7.90. The average molecular weight is 400 g/mol. The highest BCUT2D eigenvalue weighted by Gasteiger charge is 2.27. The molecule has 0 atom stereocenters. The van der Waals surface area contributed by atoms with Crippen LogP contribution in [-0.4, -0.2) is 44.6 Å². The highest BCUT2D eigenvalue weighted by atomic mass is 19.3. The highest BCUT2D eigenvalue weighted by molar-refractivity contribution is 5.60. The van der Waals surface area contributed by atoms with E-state index in [9.17, 15) is 13.6 Å². The van der Waals surface area contributed by atoms with E-state index >= 15 is 0 Å². The Labute approximate surface area is 165 Å². The molecule has 3 aromatic rings. The van der Waals surface area contributed by atoms with Crippen molar-refractivity contribution >= 4 is 12.1 Å². The summed E-state index contributed by atoms with van der Waals surface area (Å²) in [6, 6.07) is 9.33. The van der Waals surface area contributed by atoms with Crippen molar-refractivity contribution < 1.29 is 18.3 Å². The van der Waals surface area contributed by atoms with Crippen molar-refractivity contribution in [1.29, 1.82) is 0 Å². The largest absolute Gasteiger partial charge is 0.470 e. The third-order valence-corrected chi connectivity index (χ3v) is 4.76. The summed E-state index contributed by atoms with van der Waals surface area (Å²) in [5.41, 5.74) is 1.89. The molecule has 0 saturated carbocycles. The number of benzene rings is 1. The lowest BCUT2D eigenvalue weighted by Gasteiger charge is -2.36. The number of aldehydes is 1. The van der Waals surface area contributed by atoms with E-state index in [-0.39, 0.29) is 18.1 Å². The molecule has 0 unspecified atom stereocenters. The fraction of sp³-hybridized carbons (Fsp3) is 0.316. The van der Waals surface area contributed by atoms with Crippen LogP contribution in [0.1, 0.15) is 23.4 Å². The molecule has 1 fully saturated rings. The van der Waals surface area contributed by atoms with Gasteiger partial charge in [-0.1, -0.05) is 17.3 Å². The molecule has 0 aliphatic carbocycles. The Balaban J connectivity index is 1.44. The fourth-order valence-corrected chi connectivity index (χ4v) is 3.00. The molecule has 8 nitrogen and oxygen atoms in total. The third kappa shape index (κ3) is 3.91. The van der Waals surface area contributed by atoms with Crippen molar-refractivity contribution in [1.82, 2.24) is 25.2 Å². The number of hydrogen-bond donors (Lipinski definition) is 0. The van der Waals surface area contributed by atoms with E-state index in [0.29, 0.717) is 41.9 Å². The first-order valence-corrected chi connectivity index (χ1v) is 9.01. The number of hydrogen-bond acceptors (Lipinski definition) is 7. The standard InChI is InChI=1S/C19H18F2N6O2/c1-12-16(27(25-22-12)15-4-2-14(3-5-15)19(20)21)11-29-18-7-6-17(23-24-18)26-8-13(9-26)10-28/h2-7,10,13,19H,8-9,11H2,1H3. The zero-order chi connectivity index (χ0) is 20.4. The van der Waals surface area contributed by atoms with Crippen LogP contribution in [0.25, 0.3) is 5.69 Å². The van der Waals surface area contributed by atoms with Gasteiger partial charge in [0, 0.05) is 30.6 Å². The number of aromatic nitrogens is 5. The number of nitrogens with zero attached hydrogens (tertiary/aromatic N) is 6. The maximum absolute atomic E-state index is 12.7. The highest BCUT2D eigenvalue weighted by Crippen LogP contribution is 2.23. The van der Waals surface area contributed by atoms with Crippen LogP contribution in [0.2, 0.25) is 0 Å². The molecular formula is C19H18F2N6O2. The number of ether oxygens (including phenoxy) is 1. The summed E-state index contributed by atoms with van der Waals surface area (Å²) in [6.45, 7) is 3.22. The molecule has 0 radical (unpaired) electrons. The topological polar surface area (TPSA) is 86.0 Å². The minimum atomic E-state index is -2.52. The van der Waals surface area contributed by atoms with Crippen LogP contribution in [-0.2, 0) is 11.4 Å². The van der Waals surface area contributed by atoms with Crippen LogP contribution in [0, 0.1) is 12.8 Å². The molecule has 1 aromatic carbocycles. The summed E-state index contributed by atoms with van der Waals surface area (Å²) in [5, 5.41) is 16.3. The van der Waals surface area contributed by atoms with Gasteiger partial charge in [0.05, 0.1) is 11.4 Å². The van der Waals surface area contributed by atoms with Gasteiger partial charge in [0.15, 0.2) is 5.82 Å². The van der Waals surface area contributed by atoms with Gasteiger partial charge in [0.2, 0.25) is 5.88 Å². The minimum Gasteiger partial charge on any atom is -0.470 e. The van der Waals surface area contributed by atoms with E-state index in [1.54, 1.807) is 35.9 Å². The first kappa shape index (κ1) is 18.9. The Morgan fingerprint density at radius 1 is 1.14 bits per heavy atom. The third-order valence-electron chi connectivity index (χ3n) is 4.76. The van der Waals surface area contributed by atoms with Crippen molar-refractivity contribution in [2.24, 2.45) is 5.92 Å². The van der Waals surface area contributed by atoms with E-state index in [0.717, 1.165) is 6.29 Å². The van der Waals surface area contributed by atoms with Gasteiger partial charge in [-0.3, -0.25) is 0 Å². The molecule has 2 aromatic heterocycles. The molecule has 1 aliphatic heterocycles. The summed E-state index contributed by atoms with van der Waals surface area (Å²) >= 11 is 0. The molecular weight excluding hydrogens is 382 g/mol. The Bertz CT molecular complexity index is 985. The number of carbonyl (C=O) groups is 1. The van der Waals surface area contributed by atoms with Gasteiger partial charge in [-0.2, -0.15) is 0 Å². The Morgan fingerprint density at radius 3 is 2.52 bits per heavy atom. The zero-order valence-corrected chi connectivity index (χ0v) is 15.6. The van der Waals surface area contributed by atoms with Crippen LogP contribution in [0.3, 0.4) is 0 Å². The number of aryl methyl sites for hydroxylation is 1. The number of halogens is 2. The van der Waals surface area contributed by atoms with E-state index in [2.05, 4.69) is 20.5 Å². The van der Waals surface area contributed by atoms with E-state index < -0.39 is 6.43 Å². The van der Waals surface area contributed by atoms with Gasteiger partial charge in [-0.15, -0.1) is 15.3 Å². The van der Waals surface area contributed by atoms with E-state index in [1.165, 1.54) is 12.1 Å². The molecule has 3 heterocycles. The number of anilines is 1. The molecule has 29 heavy (non-hydrogen) atoms. The second-order valence-electron chi connectivity index (χ2n) is 6.75. The van der Waals surface area contributed by atoms with Crippen LogP contribution >= 0.6 is 0 Å². The lowest BCUT2D eigenvalue weighted by Crippen LogP contribution is -2.47. The monoisotopic (exact) mass is 400 g/mol. The number of rotatable bonds is 7. The zero-order valence-electron chi connectivity index (χ0n) is 15.6. The summed E-state index contributed by atoms with van der Waals surface area (Å²) in [7, 11) is 0. The summed E-state index contributed by atoms with van der Waals surface area (Å²) in [5.74, 6) is 1.08.